The molecule has 1 aliphatic rings. The molecule has 1 amide bonds. The maximum atomic E-state index is 12.2. The molecule has 1 N–H and O–H groups in total. The number of rotatable bonds is 4. The summed E-state index contributed by atoms with van der Waals surface area (Å²) in [6.45, 7) is 2.97. The minimum atomic E-state index is -0.292. The Kier molecular flexibility index (Phi) is 3.40. The molecule has 0 spiro atoms. The largest absolute Gasteiger partial charge is 0.302 e. The van der Waals surface area contributed by atoms with E-state index in [-0.39, 0.29) is 18.5 Å². The van der Waals surface area contributed by atoms with Crippen molar-refractivity contribution in [3.8, 4) is 6.07 Å². The van der Waals surface area contributed by atoms with Crippen molar-refractivity contribution in [1.82, 2.24) is 5.32 Å². The Morgan fingerprint density at radius 2 is 2.24 bits per heavy atom. The van der Waals surface area contributed by atoms with E-state index >= 15 is 0 Å². The lowest BCUT2D eigenvalue weighted by atomic mass is 10.1. The number of nitrogens with one attached hydrogen (secondary N) is 1. The van der Waals surface area contributed by atoms with E-state index in [1.165, 1.54) is 0 Å². The van der Waals surface area contributed by atoms with Gasteiger partial charge in [0.25, 0.3) is 0 Å². The summed E-state index contributed by atoms with van der Waals surface area (Å²) in [5.41, 5.74) is 1.83. The van der Waals surface area contributed by atoms with Crippen molar-refractivity contribution in [3.05, 3.63) is 29.8 Å². The topological polar surface area (TPSA) is 56.1 Å². The molecule has 4 nitrogen and oxygen atoms in total. The van der Waals surface area contributed by atoms with Gasteiger partial charge in [0.2, 0.25) is 5.91 Å². The lowest BCUT2D eigenvalue weighted by molar-refractivity contribution is -0.119. The second-order valence-corrected chi connectivity index (χ2v) is 4.03. The van der Waals surface area contributed by atoms with Gasteiger partial charge in [-0.15, -0.1) is 0 Å². The highest BCUT2D eigenvalue weighted by atomic mass is 16.2. The number of nitrogens with zero attached hydrogens (tertiary/aromatic N) is 2. The fourth-order valence-electron chi connectivity index (χ4n) is 2.10. The van der Waals surface area contributed by atoms with Crippen molar-refractivity contribution in [1.29, 1.82) is 5.26 Å². The molecule has 1 atom stereocenters. The first-order chi connectivity index (χ1) is 8.29. The third-order valence-electron chi connectivity index (χ3n) is 2.88. The molecule has 4 heteroatoms. The van der Waals surface area contributed by atoms with Crippen LogP contribution in [0.2, 0.25) is 0 Å². The number of para-hydroxylation sites is 1. The third-order valence-corrected chi connectivity index (χ3v) is 2.88. The molecule has 2 rings (SSSR count). The second-order valence-electron chi connectivity index (χ2n) is 4.03. The highest BCUT2D eigenvalue weighted by Crippen LogP contribution is 2.35. The number of nitriles is 1. The van der Waals surface area contributed by atoms with E-state index in [1.807, 2.05) is 30.3 Å². The first-order valence-corrected chi connectivity index (χ1v) is 5.80. The van der Waals surface area contributed by atoms with Crippen LogP contribution in [0, 0.1) is 11.3 Å². The van der Waals surface area contributed by atoms with Gasteiger partial charge < -0.3 is 5.32 Å². The van der Waals surface area contributed by atoms with Gasteiger partial charge in [-0.1, -0.05) is 25.1 Å². The monoisotopic (exact) mass is 229 g/mol. The summed E-state index contributed by atoms with van der Waals surface area (Å²) < 4.78 is 0. The average molecular weight is 229 g/mol. The molecule has 1 heterocycles. The zero-order valence-corrected chi connectivity index (χ0v) is 9.81. The van der Waals surface area contributed by atoms with Gasteiger partial charge in [-0.05, 0) is 19.0 Å². The molecule has 17 heavy (non-hydrogen) atoms. The fraction of sp³-hybridized carbons (Fsp3) is 0.385. The molecule has 0 fully saturated rings. The Bertz CT molecular complexity index is 464. The molecular formula is C13H15N3O. The average Bonchev–Trinajstić information content (AvgIpc) is 2.61. The molecule has 1 unspecified atom stereocenters. The van der Waals surface area contributed by atoms with Crippen LogP contribution in [-0.2, 0) is 4.79 Å². The van der Waals surface area contributed by atoms with Crippen molar-refractivity contribution in [2.24, 2.45) is 0 Å². The number of carbonyl (C=O) groups excluding carboxylic acids is 1. The van der Waals surface area contributed by atoms with Gasteiger partial charge in [-0.2, -0.15) is 5.26 Å². The first kappa shape index (κ1) is 11.6. The maximum absolute atomic E-state index is 12.2. The molecule has 0 saturated heterocycles. The van der Waals surface area contributed by atoms with Crippen molar-refractivity contribution in [2.45, 2.75) is 19.4 Å². The summed E-state index contributed by atoms with van der Waals surface area (Å²) in [4.78, 5) is 13.7. The Hall–Kier alpha value is -1.86. The van der Waals surface area contributed by atoms with E-state index in [4.69, 9.17) is 5.26 Å². The number of hydrogen-bond donors (Lipinski definition) is 1. The third kappa shape index (κ3) is 2.02. The predicted molar refractivity (Wildman–Crippen MR) is 65.4 cm³/mol. The summed E-state index contributed by atoms with van der Waals surface area (Å²) >= 11 is 0. The van der Waals surface area contributed by atoms with Crippen LogP contribution in [0.15, 0.2) is 24.3 Å². The number of fused-ring (bicyclic) bond motifs is 1. The molecule has 0 radical (unpaired) electrons. The number of carbonyl (C=O) groups is 1. The van der Waals surface area contributed by atoms with Crippen LogP contribution in [0.1, 0.15) is 24.9 Å². The van der Waals surface area contributed by atoms with E-state index in [0.29, 0.717) is 0 Å². The van der Waals surface area contributed by atoms with Gasteiger partial charge in [-0.3, -0.25) is 9.69 Å². The van der Waals surface area contributed by atoms with Crippen molar-refractivity contribution >= 4 is 11.6 Å². The molecule has 0 aliphatic carbocycles. The number of hydrogen-bond acceptors (Lipinski definition) is 3. The molecule has 0 saturated carbocycles. The minimum absolute atomic E-state index is 0.0267. The maximum Gasteiger partial charge on any atom is 0.249 e. The number of amides is 1. The Labute approximate surface area is 101 Å². The summed E-state index contributed by atoms with van der Waals surface area (Å²) in [5.74, 6) is -0.0267. The summed E-state index contributed by atoms with van der Waals surface area (Å²) in [7, 11) is 0. The van der Waals surface area contributed by atoms with Crippen LogP contribution < -0.4 is 10.2 Å². The van der Waals surface area contributed by atoms with Gasteiger partial charge >= 0.3 is 0 Å². The van der Waals surface area contributed by atoms with Crippen molar-refractivity contribution in [2.75, 3.05) is 18.0 Å². The van der Waals surface area contributed by atoms with E-state index in [2.05, 4.69) is 12.2 Å². The minimum Gasteiger partial charge on any atom is -0.302 e. The van der Waals surface area contributed by atoms with Gasteiger partial charge in [0.05, 0.1) is 11.8 Å². The van der Waals surface area contributed by atoms with Crippen LogP contribution in [0.3, 0.4) is 0 Å². The van der Waals surface area contributed by atoms with Gasteiger partial charge in [0.15, 0.2) is 0 Å². The summed E-state index contributed by atoms with van der Waals surface area (Å²) in [6.07, 6.45) is 0.976. The fourth-order valence-corrected chi connectivity index (χ4v) is 2.10. The Balaban J connectivity index is 2.32. The van der Waals surface area contributed by atoms with Gasteiger partial charge in [0.1, 0.15) is 12.6 Å². The highest BCUT2D eigenvalue weighted by molar-refractivity contribution is 6.04. The molecular weight excluding hydrogens is 214 g/mol. The van der Waals surface area contributed by atoms with Crippen LogP contribution in [0.5, 0.6) is 0 Å². The van der Waals surface area contributed by atoms with Crippen LogP contribution in [0.4, 0.5) is 5.69 Å². The molecule has 1 aromatic rings. The van der Waals surface area contributed by atoms with E-state index < -0.39 is 0 Å². The van der Waals surface area contributed by atoms with E-state index in [9.17, 15) is 4.79 Å². The highest BCUT2D eigenvalue weighted by Gasteiger charge is 2.36. The first-order valence-electron chi connectivity index (χ1n) is 5.80. The van der Waals surface area contributed by atoms with Crippen LogP contribution in [0.25, 0.3) is 0 Å². The van der Waals surface area contributed by atoms with Crippen molar-refractivity contribution in [3.63, 3.8) is 0 Å². The van der Waals surface area contributed by atoms with Gasteiger partial charge in [-0.25, -0.2) is 0 Å². The standard InChI is InChI=1S/C13H15N3O/c1-2-8-15-12-10-5-3-4-6-11(10)16(9-7-14)13(12)17/h3-6,12,15H,2,8-9H2,1H3. The molecule has 1 aliphatic heterocycles. The SMILES string of the molecule is CCCNC1C(=O)N(CC#N)c2ccccc21. The normalized spacial score (nSPS) is 18.0. The molecule has 1 aromatic carbocycles. The van der Waals surface area contributed by atoms with Gasteiger partial charge in [0, 0.05) is 5.56 Å². The molecule has 88 valence electrons. The van der Waals surface area contributed by atoms with Crippen LogP contribution >= 0.6 is 0 Å². The zero-order valence-electron chi connectivity index (χ0n) is 9.81. The zero-order chi connectivity index (χ0) is 12.3. The number of anilines is 1. The predicted octanol–water partition coefficient (Wildman–Crippen LogP) is 1.60. The lowest BCUT2D eigenvalue weighted by Gasteiger charge is -2.14. The van der Waals surface area contributed by atoms with Crippen molar-refractivity contribution < 1.29 is 4.79 Å². The smallest absolute Gasteiger partial charge is 0.249 e. The Morgan fingerprint density at radius 1 is 1.47 bits per heavy atom. The summed E-state index contributed by atoms with van der Waals surface area (Å²) in [6, 6.07) is 9.38. The number of benzene rings is 1. The Morgan fingerprint density at radius 3 is 2.94 bits per heavy atom. The lowest BCUT2D eigenvalue weighted by Crippen LogP contribution is -2.35. The molecule has 0 bridgehead atoms. The molecule has 0 aromatic heterocycles. The second kappa shape index (κ2) is 4.98. The van der Waals surface area contributed by atoms with E-state index in [1.54, 1.807) is 4.90 Å². The van der Waals surface area contributed by atoms with E-state index in [0.717, 1.165) is 24.2 Å². The van der Waals surface area contributed by atoms with Crippen LogP contribution in [-0.4, -0.2) is 19.0 Å². The quantitative estimate of drug-likeness (QED) is 0.798. The summed E-state index contributed by atoms with van der Waals surface area (Å²) in [5, 5.41) is 12.0.